The first-order valence-corrected chi connectivity index (χ1v) is 9.67. The van der Waals surface area contributed by atoms with Crippen molar-refractivity contribution in [1.29, 1.82) is 0 Å². The third-order valence-electron chi connectivity index (χ3n) is 4.48. The van der Waals surface area contributed by atoms with E-state index >= 15 is 0 Å². The van der Waals surface area contributed by atoms with Gasteiger partial charge in [0.2, 0.25) is 0 Å². The largest absolute Gasteiger partial charge is 0.453 e. The van der Waals surface area contributed by atoms with Crippen LogP contribution in [-0.2, 0) is 12.8 Å². The number of H-pyrrole nitrogens is 1. The Bertz CT molecular complexity index is 1340. The standard InChI is InChI=1S/C20H15N5O2S/c1-25-18(16-10-12-6-2-5-9-15(12)27-16)23-24-20(25)28-11-17-21-14-8-4-3-7-13(14)19(26)22-17/h2-10H,11H2,1H3,(H,21,22,26). The first kappa shape index (κ1) is 16.8. The molecule has 0 spiro atoms. The van der Waals surface area contributed by atoms with Crippen LogP contribution in [0, 0.1) is 0 Å². The van der Waals surface area contributed by atoms with Gasteiger partial charge in [-0.3, -0.25) is 4.79 Å². The second-order valence-corrected chi connectivity index (χ2v) is 7.27. The first-order valence-electron chi connectivity index (χ1n) is 8.68. The monoisotopic (exact) mass is 389 g/mol. The summed E-state index contributed by atoms with van der Waals surface area (Å²) in [7, 11) is 1.89. The van der Waals surface area contributed by atoms with Crippen LogP contribution in [0.5, 0.6) is 0 Å². The highest BCUT2D eigenvalue weighted by atomic mass is 32.2. The van der Waals surface area contributed by atoms with E-state index in [0.29, 0.717) is 39.2 Å². The van der Waals surface area contributed by atoms with E-state index in [-0.39, 0.29) is 5.56 Å². The summed E-state index contributed by atoms with van der Waals surface area (Å²) in [5.41, 5.74) is 1.36. The Balaban J connectivity index is 1.42. The molecular weight excluding hydrogens is 374 g/mol. The van der Waals surface area contributed by atoms with Gasteiger partial charge in [-0.1, -0.05) is 42.1 Å². The van der Waals surface area contributed by atoms with Crippen LogP contribution < -0.4 is 5.56 Å². The molecule has 3 heterocycles. The highest BCUT2D eigenvalue weighted by Crippen LogP contribution is 2.29. The average Bonchev–Trinajstić information content (AvgIpc) is 3.29. The fraction of sp³-hybridized carbons (Fsp3) is 0.100. The minimum atomic E-state index is -0.137. The van der Waals surface area contributed by atoms with Gasteiger partial charge in [0.25, 0.3) is 5.56 Å². The molecular formula is C20H15N5O2S. The van der Waals surface area contributed by atoms with Gasteiger partial charge in [0.1, 0.15) is 11.4 Å². The second-order valence-electron chi connectivity index (χ2n) is 6.33. The quantitative estimate of drug-likeness (QED) is 0.471. The van der Waals surface area contributed by atoms with Gasteiger partial charge in [-0.25, -0.2) is 4.98 Å². The smallest absolute Gasteiger partial charge is 0.258 e. The minimum absolute atomic E-state index is 0.137. The van der Waals surface area contributed by atoms with Crippen LogP contribution in [0.3, 0.4) is 0 Å². The summed E-state index contributed by atoms with van der Waals surface area (Å²) in [5.74, 6) is 2.40. The van der Waals surface area contributed by atoms with Crippen molar-refractivity contribution in [3.63, 3.8) is 0 Å². The molecule has 0 amide bonds. The lowest BCUT2D eigenvalue weighted by Crippen LogP contribution is -2.11. The summed E-state index contributed by atoms with van der Waals surface area (Å²) < 4.78 is 7.76. The second kappa shape index (κ2) is 6.65. The molecule has 7 nitrogen and oxygen atoms in total. The van der Waals surface area contributed by atoms with E-state index in [9.17, 15) is 4.79 Å². The zero-order valence-electron chi connectivity index (χ0n) is 14.9. The third kappa shape index (κ3) is 2.87. The molecule has 0 fully saturated rings. The highest BCUT2D eigenvalue weighted by molar-refractivity contribution is 7.98. The fourth-order valence-corrected chi connectivity index (χ4v) is 3.86. The van der Waals surface area contributed by atoms with Crippen molar-refractivity contribution >= 4 is 33.6 Å². The van der Waals surface area contributed by atoms with Crippen LogP contribution in [0.15, 0.2) is 69.0 Å². The molecule has 8 heteroatoms. The molecule has 0 aliphatic carbocycles. The number of nitrogens with zero attached hydrogens (tertiary/aromatic N) is 4. The molecule has 0 atom stereocenters. The Morgan fingerprint density at radius 2 is 1.93 bits per heavy atom. The molecule has 0 radical (unpaired) electrons. The Hall–Kier alpha value is -3.39. The third-order valence-corrected chi connectivity index (χ3v) is 5.51. The summed E-state index contributed by atoms with van der Waals surface area (Å²) in [6.07, 6.45) is 0. The molecule has 2 aromatic carbocycles. The van der Waals surface area contributed by atoms with E-state index in [1.54, 1.807) is 6.07 Å². The van der Waals surface area contributed by atoms with Crippen molar-refractivity contribution in [2.75, 3.05) is 0 Å². The molecule has 0 unspecified atom stereocenters. The highest BCUT2D eigenvalue weighted by Gasteiger charge is 2.16. The molecule has 0 saturated heterocycles. The molecule has 138 valence electrons. The van der Waals surface area contributed by atoms with E-state index in [0.717, 1.165) is 11.0 Å². The molecule has 3 aromatic heterocycles. The zero-order chi connectivity index (χ0) is 19.1. The van der Waals surface area contributed by atoms with Crippen molar-refractivity contribution in [3.05, 3.63) is 70.8 Å². The number of hydrogen-bond acceptors (Lipinski definition) is 6. The van der Waals surface area contributed by atoms with Gasteiger partial charge in [0, 0.05) is 12.4 Å². The molecule has 0 aliphatic heterocycles. The van der Waals surface area contributed by atoms with Gasteiger partial charge in [-0.05, 0) is 24.3 Å². The Labute approximate surface area is 163 Å². The number of rotatable bonds is 4. The first-order chi connectivity index (χ1) is 13.7. The molecule has 5 rings (SSSR count). The predicted molar refractivity (Wildman–Crippen MR) is 108 cm³/mol. The van der Waals surface area contributed by atoms with Crippen molar-refractivity contribution in [2.45, 2.75) is 10.9 Å². The lowest BCUT2D eigenvalue weighted by Gasteiger charge is -2.03. The van der Waals surface area contributed by atoms with Crippen LogP contribution in [-0.4, -0.2) is 24.7 Å². The Morgan fingerprint density at radius 3 is 2.82 bits per heavy atom. The molecule has 1 N–H and O–H groups in total. The average molecular weight is 389 g/mol. The number of hydrogen-bond donors (Lipinski definition) is 1. The Kier molecular flexibility index (Phi) is 3.98. The number of para-hydroxylation sites is 2. The van der Waals surface area contributed by atoms with Crippen LogP contribution in [0.2, 0.25) is 0 Å². The van der Waals surface area contributed by atoms with Gasteiger partial charge in [-0.15, -0.1) is 10.2 Å². The van der Waals surface area contributed by atoms with Gasteiger partial charge >= 0.3 is 0 Å². The van der Waals surface area contributed by atoms with E-state index < -0.39 is 0 Å². The van der Waals surface area contributed by atoms with Crippen molar-refractivity contribution in [3.8, 4) is 11.6 Å². The molecule has 5 aromatic rings. The summed E-state index contributed by atoms with van der Waals surface area (Å²) in [6, 6.07) is 17.1. The lowest BCUT2D eigenvalue weighted by molar-refractivity contribution is 0.618. The normalized spacial score (nSPS) is 11.5. The molecule has 28 heavy (non-hydrogen) atoms. The summed E-state index contributed by atoms with van der Waals surface area (Å²) >= 11 is 1.45. The van der Waals surface area contributed by atoms with Crippen LogP contribution in [0.1, 0.15) is 5.82 Å². The van der Waals surface area contributed by atoms with Gasteiger partial charge in [0.15, 0.2) is 16.7 Å². The lowest BCUT2D eigenvalue weighted by atomic mass is 10.2. The number of furan rings is 1. The predicted octanol–water partition coefficient (Wildman–Crippen LogP) is 3.76. The maximum Gasteiger partial charge on any atom is 0.258 e. The van der Waals surface area contributed by atoms with Crippen LogP contribution in [0.25, 0.3) is 33.5 Å². The molecule has 0 bridgehead atoms. The summed E-state index contributed by atoms with van der Waals surface area (Å²) in [6.45, 7) is 0. The van der Waals surface area contributed by atoms with Crippen LogP contribution in [0.4, 0.5) is 0 Å². The van der Waals surface area contributed by atoms with Crippen molar-refractivity contribution < 1.29 is 4.42 Å². The number of fused-ring (bicyclic) bond motifs is 2. The number of benzene rings is 2. The topological polar surface area (TPSA) is 89.6 Å². The summed E-state index contributed by atoms with van der Waals surface area (Å²) in [4.78, 5) is 19.6. The number of thioether (sulfide) groups is 1. The SMILES string of the molecule is Cn1c(SCc2nc3ccccc3c(=O)[nH]2)nnc1-c1cc2ccccc2o1. The van der Waals surface area contributed by atoms with E-state index in [1.165, 1.54) is 11.8 Å². The minimum Gasteiger partial charge on any atom is -0.453 e. The number of aromatic nitrogens is 5. The Morgan fingerprint density at radius 1 is 1.11 bits per heavy atom. The van der Waals surface area contributed by atoms with E-state index in [2.05, 4.69) is 20.2 Å². The van der Waals surface area contributed by atoms with Gasteiger partial charge in [0.05, 0.1) is 16.7 Å². The van der Waals surface area contributed by atoms with Gasteiger partial charge < -0.3 is 14.0 Å². The molecule has 0 saturated carbocycles. The van der Waals surface area contributed by atoms with E-state index in [4.69, 9.17) is 4.42 Å². The summed E-state index contributed by atoms with van der Waals surface area (Å²) in [5, 5.41) is 10.8. The zero-order valence-corrected chi connectivity index (χ0v) is 15.7. The van der Waals surface area contributed by atoms with Crippen LogP contribution >= 0.6 is 11.8 Å². The van der Waals surface area contributed by atoms with Crippen molar-refractivity contribution in [1.82, 2.24) is 24.7 Å². The van der Waals surface area contributed by atoms with Gasteiger partial charge in [-0.2, -0.15) is 0 Å². The molecule has 0 aliphatic rings. The number of nitrogens with one attached hydrogen (secondary N) is 1. The fourth-order valence-electron chi connectivity index (χ4n) is 3.08. The maximum atomic E-state index is 12.2. The van der Waals surface area contributed by atoms with E-state index in [1.807, 2.05) is 60.1 Å². The van der Waals surface area contributed by atoms with Crippen molar-refractivity contribution in [2.24, 2.45) is 7.05 Å². The number of aromatic amines is 1. The maximum absolute atomic E-state index is 12.2.